The molecule has 0 amide bonds. The molecule has 0 aliphatic heterocycles. The number of aryl methyl sites for hydroxylation is 1. The van der Waals surface area contributed by atoms with E-state index >= 15 is 0 Å². The summed E-state index contributed by atoms with van der Waals surface area (Å²) in [5, 5.41) is 0. The molecule has 2 aromatic carbocycles. The summed E-state index contributed by atoms with van der Waals surface area (Å²) in [7, 11) is 0. The zero-order valence-corrected chi connectivity index (χ0v) is 12.8. The standard InChI is InChI=1S/C16H14BrFO2/c1-10-3-5-12(6-4-10)16(19)11(2)20-15-9-13(18)7-8-14(15)17/h3-9,11H,1-2H3. The first-order valence-electron chi connectivity index (χ1n) is 6.20. The molecule has 0 spiro atoms. The summed E-state index contributed by atoms with van der Waals surface area (Å²) in [5.74, 6) is -0.225. The molecule has 2 nitrogen and oxygen atoms in total. The molecule has 2 rings (SSSR count). The van der Waals surface area contributed by atoms with Gasteiger partial charge in [0.1, 0.15) is 11.6 Å². The Morgan fingerprint density at radius 2 is 1.85 bits per heavy atom. The number of hydrogen-bond donors (Lipinski definition) is 0. The lowest BCUT2D eigenvalue weighted by Crippen LogP contribution is -2.24. The number of hydrogen-bond acceptors (Lipinski definition) is 2. The normalized spacial score (nSPS) is 12.0. The Bertz CT molecular complexity index is 623. The smallest absolute Gasteiger partial charge is 0.202 e. The lowest BCUT2D eigenvalue weighted by molar-refractivity contribution is 0.0816. The van der Waals surface area contributed by atoms with Crippen LogP contribution in [0.15, 0.2) is 46.9 Å². The van der Waals surface area contributed by atoms with Crippen molar-refractivity contribution in [2.24, 2.45) is 0 Å². The van der Waals surface area contributed by atoms with E-state index in [-0.39, 0.29) is 5.78 Å². The first kappa shape index (κ1) is 14.7. The van der Waals surface area contributed by atoms with Crippen molar-refractivity contribution in [3.05, 3.63) is 63.9 Å². The minimum Gasteiger partial charge on any atom is -0.481 e. The van der Waals surface area contributed by atoms with Gasteiger partial charge in [0, 0.05) is 11.6 Å². The van der Waals surface area contributed by atoms with Crippen molar-refractivity contribution in [3.8, 4) is 5.75 Å². The maximum atomic E-state index is 13.2. The van der Waals surface area contributed by atoms with Crippen LogP contribution >= 0.6 is 15.9 Å². The van der Waals surface area contributed by atoms with Gasteiger partial charge in [0.05, 0.1) is 4.47 Å². The molecule has 104 valence electrons. The molecule has 0 saturated carbocycles. The van der Waals surface area contributed by atoms with E-state index < -0.39 is 11.9 Å². The predicted octanol–water partition coefficient (Wildman–Crippen LogP) is 4.55. The van der Waals surface area contributed by atoms with E-state index in [0.717, 1.165) is 5.56 Å². The molecule has 4 heteroatoms. The van der Waals surface area contributed by atoms with Gasteiger partial charge in [0.2, 0.25) is 5.78 Å². The Hall–Kier alpha value is -1.68. The first-order valence-corrected chi connectivity index (χ1v) is 6.99. The van der Waals surface area contributed by atoms with Gasteiger partial charge >= 0.3 is 0 Å². The van der Waals surface area contributed by atoms with Crippen molar-refractivity contribution in [2.75, 3.05) is 0 Å². The Balaban J connectivity index is 2.15. The zero-order valence-electron chi connectivity index (χ0n) is 11.2. The second kappa shape index (κ2) is 6.18. The number of halogens is 2. The second-order valence-electron chi connectivity index (χ2n) is 4.57. The van der Waals surface area contributed by atoms with Crippen LogP contribution in [-0.4, -0.2) is 11.9 Å². The van der Waals surface area contributed by atoms with Gasteiger partial charge in [-0.15, -0.1) is 0 Å². The number of benzene rings is 2. The highest BCUT2D eigenvalue weighted by Crippen LogP contribution is 2.27. The lowest BCUT2D eigenvalue weighted by atomic mass is 10.1. The molecule has 0 heterocycles. The van der Waals surface area contributed by atoms with Crippen LogP contribution in [0.1, 0.15) is 22.8 Å². The van der Waals surface area contributed by atoms with Crippen LogP contribution < -0.4 is 4.74 Å². The molecule has 0 fully saturated rings. The van der Waals surface area contributed by atoms with Crippen LogP contribution in [0.2, 0.25) is 0 Å². The summed E-state index contributed by atoms with van der Waals surface area (Å²) in [4.78, 5) is 12.2. The van der Waals surface area contributed by atoms with Crippen LogP contribution in [0.4, 0.5) is 4.39 Å². The minimum absolute atomic E-state index is 0.138. The number of carbonyl (C=O) groups is 1. The average molecular weight is 337 g/mol. The van der Waals surface area contributed by atoms with Crippen LogP contribution in [0.3, 0.4) is 0 Å². The van der Waals surface area contributed by atoms with E-state index in [9.17, 15) is 9.18 Å². The summed E-state index contributed by atoms with van der Waals surface area (Å²) in [5.41, 5.74) is 1.67. The van der Waals surface area contributed by atoms with Crippen molar-refractivity contribution in [1.29, 1.82) is 0 Å². The molecule has 20 heavy (non-hydrogen) atoms. The highest BCUT2D eigenvalue weighted by Gasteiger charge is 2.18. The van der Waals surface area contributed by atoms with E-state index in [1.807, 2.05) is 19.1 Å². The first-order chi connectivity index (χ1) is 9.47. The van der Waals surface area contributed by atoms with Crippen LogP contribution in [0, 0.1) is 12.7 Å². The number of ketones is 1. The number of rotatable bonds is 4. The fourth-order valence-corrected chi connectivity index (χ4v) is 2.10. The molecule has 0 bridgehead atoms. The Kier molecular flexibility index (Phi) is 4.55. The molecule has 2 aromatic rings. The summed E-state index contributed by atoms with van der Waals surface area (Å²) >= 11 is 3.27. The number of carbonyl (C=O) groups excluding carboxylic acids is 1. The Morgan fingerprint density at radius 3 is 2.50 bits per heavy atom. The fourth-order valence-electron chi connectivity index (χ4n) is 1.76. The minimum atomic E-state index is -0.684. The summed E-state index contributed by atoms with van der Waals surface area (Å²) in [6.45, 7) is 3.61. The van der Waals surface area contributed by atoms with E-state index in [1.165, 1.54) is 12.1 Å². The third-order valence-corrected chi connectivity index (χ3v) is 3.56. The fraction of sp³-hybridized carbons (Fsp3) is 0.188. The largest absolute Gasteiger partial charge is 0.481 e. The van der Waals surface area contributed by atoms with Crippen LogP contribution in [0.5, 0.6) is 5.75 Å². The maximum absolute atomic E-state index is 13.2. The van der Waals surface area contributed by atoms with Crippen molar-refractivity contribution < 1.29 is 13.9 Å². The molecular formula is C16H14BrFO2. The van der Waals surface area contributed by atoms with E-state index in [0.29, 0.717) is 15.8 Å². The Morgan fingerprint density at radius 1 is 1.20 bits per heavy atom. The zero-order chi connectivity index (χ0) is 14.7. The van der Waals surface area contributed by atoms with Crippen LogP contribution in [0.25, 0.3) is 0 Å². The number of ether oxygens (including phenoxy) is 1. The SMILES string of the molecule is Cc1ccc(C(=O)C(C)Oc2cc(F)ccc2Br)cc1. The molecule has 1 unspecified atom stereocenters. The average Bonchev–Trinajstić information content (AvgIpc) is 2.43. The van der Waals surface area contributed by atoms with E-state index in [2.05, 4.69) is 15.9 Å². The predicted molar refractivity (Wildman–Crippen MR) is 79.7 cm³/mol. The number of Topliss-reactive ketones (excluding diaryl/α,β-unsaturated/α-hetero) is 1. The lowest BCUT2D eigenvalue weighted by Gasteiger charge is -2.15. The quantitative estimate of drug-likeness (QED) is 0.766. The molecule has 0 aromatic heterocycles. The highest BCUT2D eigenvalue weighted by atomic mass is 79.9. The van der Waals surface area contributed by atoms with Gasteiger partial charge in [-0.3, -0.25) is 4.79 Å². The van der Waals surface area contributed by atoms with Gasteiger partial charge in [-0.2, -0.15) is 0 Å². The van der Waals surface area contributed by atoms with Crippen LogP contribution in [-0.2, 0) is 0 Å². The van der Waals surface area contributed by atoms with Gasteiger partial charge in [-0.25, -0.2) is 4.39 Å². The molecular weight excluding hydrogens is 323 g/mol. The van der Waals surface area contributed by atoms with Gasteiger partial charge in [0.25, 0.3) is 0 Å². The molecule has 1 atom stereocenters. The summed E-state index contributed by atoms with van der Waals surface area (Å²) in [6.07, 6.45) is -0.684. The van der Waals surface area contributed by atoms with E-state index in [1.54, 1.807) is 25.1 Å². The third-order valence-electron chi connectivity index (χ3n) is 2.90. The maximum Gasteiger partial charge on any atom is 0.202 e. The molecule has 0 aliphatic carbocycles. The Labute approximate surface area is 125 Å². The molecule has 0 radical (unpaired) electrons. The molecule has 0 N–H and O–H groups in total. The molecule has 0 aliphatic rings. The second-order valence-corrected chi connectivity index (χ2v) is 5.42. The van der Waals surface area contributed by atoms with Crippen molar-refractivity contribution in [2.45, 2.75) is 20.0 Å². The van der Waals surface area contributed by atoms with Gasteiger partial charge < -0.3 is 4.74 Å². The third kappa shape index (κ3) is 3.45. The van der Waals surface area contributed by atoms with Gasteiger partial charge in [-0.05, 0) is 41.9 Å². The van der Waals surface area contributed by atoms with Gasteiger partial charge in [0.15, 0.2) is 6.10 Å². The highest BCUT2D eigenvalue weighted by molar-refractivity contribution is 9.10. The topological polar surface area (TPSA) is 26.3 Å². The van der Waals surface area contributed by atoms with Gasteiger partial charge in [-0.1, -0.05) is 29.8 Å². The van der Waals surface area contributed by atoms with Crippen molar-refractivity contribution in [1.82, 2.24) is 0 Å². The summed E-state index contributed by atoms with van der Waals surface area (Å²) < 4.78 is 19.3. The summed E-state index contributed by atoms with van der Waals surface area (Å²) in [6, 6.07) is 11.4. The van der Waals surface area contributed by atoms with Crippen molar-refractivity contribution in [3.63, 3.8) is 0 Å². The van der Waals surface area contributed by atoms with Crippen molar-refractivity contribution >= 4 is 21.7 Å². The van der Waals surface area contributed by atoms with E-state index in [4.69, 9.17) is 4.74 Å². The molecule has 0 saturated heterocycles. The monoisotopic (exact) mass is 336 g/mol.